The minimum Gasteiger partial charge on any atom is -0.314 e. The molecule has 4 heteroatoms. The molecule has 0 amide bonds. The van der Waals surface area contributed by atoms with Crippen LogP contribution in [-0.2, 0) is 13.6 Å². The van der Waals surface area contributed by atoms with E-state index in [4.69, 9.17) is 0 Å². The first-order valence-corrected chi connectivity index (χ1v) is 6.64. The lowest BCUT2D eigenvalue weighted by Gasteiger charge is -2.46. The second-order valence-electron chi connectivity index (χ2n) is 5.01. The van der Waals surface area contributed by atoms with Crippen molar-refractivity contribution in [2.45, 2.75) is 38.8 Å². The zero-order valence-electron chi connectivity index (χ0n) is 11.2. The van der Waals surface area contributed by atoms with Gasteiger partial charge in [0, 0.05) is 45.0 Å². The van der Waals surface area contributed by atoms with Crippen LogP contribution in [0.15, 0.2) is 12.3 Å². The van der Waals surface area contributed by atoms with Crippen molar-refractivity contribution in [1.82, 2.24) is 20.0 Å². The number of hydrogen-bond acceptors (Lipinski definition) is 3. The molecule has 1 aromatic rings. The van der Waals surface area contributed by atoms with Gasteiger partial charge < -0.3 is 5.32 Å². The van der Waals surface area contributed by atoms with E-state index < -0.39 is 0 Å². The SMILES string of the molecule is CCC1(CC)CNCCN1Cc1ccn(C)n1. The highest BCUT2D eigenvalue weighted by Crippen LogP contribution is 2.26. The van der Waals surface area contributed by atoms with Crippen molar-refractivity contribution in [1.29, 1.82) is 0 Å². The Morgan fingerprint density at radius 3 is 2.76 bits per heavy atom. The van der Waals surface area contributed by atoms with E-state index in [1.165, 1.54) is 18.5 Å². The van der Waals surface area contributed by atoms with Gasteiger partial charge in [0.15, 0.2) is 0 Å². The average Bonchev–Trinajstić information content (AvgIpc) is 2.76. The summed E-state index contributed by atoms with van der Waals surface area (Å²) in [5.74, 6) is 0. The molecule has 2 rings (SSSR count). The summed E-state index contributed by atoms with van der Waals surface area (Å²) in [5.41, 5.74) is 1.50. The molecule has 2 heterocycles. The molecule has 17 heavy (non-hydrogen) atoms. The fraction of sp³-hybridized carbons (Fsp3) is 0.769. The maximum atomic E-state index is 4.49. The second-order valence-corrected chi connectivity index (χ2v) is 5.01. The zero-order valence-corrected chi connectivity index (χ0v) is 11.2. The van der Waals surface area contributed by atoms with Gasteiger partial charge in [-0.1, -0.05) is 13.8 Å². The van der Waals surface area contributed by atoms with E-state index in [1.807, 2.05) is 17.9 Å². The Morgan fingerprint density at radius 2 is 2.18 bits per heavy atom. The molecule has 1 aliphatic rings. The monoisotopic (exact) mass is 236 g/mol. The van der Waals surface area contributed by atoms with Gasteiger partial charge in [-0.3, -0.25) is 9.58 Å². The first-order valence-electron chi connectivity index (χ1n) is 6.64. The van der Waals surface area contributed by atoms with E-state index in [2.05, 4.69) is 35.2 Å². The molecular weight excluding hydrogens is 212 g/mol. The van der Waals surface area contributed by atoms with E-state index in [1.54, 1.807) is 0 Å². The maximum absolute atomic E-state index is 4.49. The van der Waals surface area contributed by atoms with Crippen LogP contribution in [0.1, 0.15) is 32.4 Å². The van der Waals surface area contributed by atoms with Crippen molar-refractivity contribution in [2.24, 2.45) is 7.05 Å². The van der Waals surface area contributed by atoms with Crippen LogP contribution >= 0.6 is 0 Å². The lowest BCUT2D eigenvalue weighted by molar-refractivity contribution is 0.0435. The number of piperazine rings is 1. The molecule has 0 spiro atoms. The van der Waals surface area contributed by atoms with Crippen LogP contribution in [0, 0.1) is 0 Å². The van der Waals surface area contributed by atoms with Gasteiger partial charge >= 0.3 is 0 Å². The summed E-state index contributed by atoms with van der Waals surface area (Å²) in [4.78, 5) is 2.60. The van der Waals surface area contributed by atoms with Gasteiger partial charge in [-0.25, -0.2) is 0 Å². The van der Waals surface area contributed by atoms with Gasteiger partial charge in [-0.2, -0.15) is 5.10 Å². The molecular formula is C13H24N4. The molecule has 4 nitrogen and oxygen atoms in total. The summed E-state index contributed by atoms with van der Waals surface area (Å²) in [7, 11) is 1.98. The molecule has 1 saturated heterocycles. The predicted octanol–water partition coefficient (Wildman–Crippen LogP) is 1.38. The van der Waals surface area contributed by atoms with Crippen LogP contribution in [0.2, 0.25) is 0 Å². The molecule has 96 valence electrons. The number of aryl methyl sites for hydroxylation is 1. The first kappa shape index (κ1) is 12.6. The molecule has 0 aromatic carbocycles. The van der Waals surface area contributed by atoms with E-state index >= 15 is 0 Å². The normalized spacial score (nSPS) is 20.6. The van der Waals surface area contributed by atoms with Crippen molar-refractivity contribution < 1.29 is 0 Å². The zero-order chi connectivity index (χ0) is 12.3. The standard InChI is InChI=1S/C13H24N4/c1-4-13(5-2)11-14-7-9-17(13)10-12-6-8-16(3)15-12/h6,8,14H,4-5,7,9-11H2,1-3H3. The van der Waals surface area contributed by atoms with Crippen LogP contribution in [0.4, 0.5) is 0 Å². The van der Waals surface area contributed by atoms with E-state index in [9.17, 15) is 0 Å². The quantitative estimate of drug-likeness (QED) is 0.857. The van der Waals surface area contributed by atoms with Crippen molar-refractivity contribution in [3.05, 3.63) is 18.0 Å². The van der Waals surface area contributed by atoms with Crippen molar-refractivity contribution in [3.63, 3.8) is 0 Å². The third-order valence-electron chi connectivity index (χ3n) is 4.12. The van der Waals surface area contributed by atoms with E-state index in [-0.39, 0.29) is 0 Å². The molecule has 1 aliphatic heterocycles. The molecule has 1 aromatic heterocycles. The van der Waals surface area contributed by atoms with Gasteiger partial charge in [0.2, 0.25) is 0 Å². The molecule has 0 aliphatic carbocycles. The van der Waals surface area contributed by atoms with Gasteiger partial charge in [-0.15, -0.1) is 0 Å². The molecule has 1 N–H and O–H groups in total. The molecule has 0 bridgehead atoms. The van der Waals surface area contributed by atoms with Crippen LogP contribution in [0.5, 0.6) is 0 Å². The first-order chi connectivity index (χ1) is 8.20. The predicted molar refractivity (Wildman–Crippen MR) is 69.8 cm³/mol. The van der Waals surface area contributed by atoms with Gasteiger partial charge in [0.25, 0.3) is 0 Å². The Bertz CT molecular complexity index is 354. The molecule has 0 radical (unpaired) electrons. The number of rotatable bonds is 4. The average molecular weight is 236 g/mol. The highest BCUT2D eigenvalue weighted by Gasteiger charge is 2.35. The number of hydrogen-bond donors (Lipinski definition) is 1. The number of nitrogens with one attached hydrogen (secondary N) is 1. The largest absolute Gasteiger partial charge is 0.314 e. The Balaban J connectivity index is 2.11. The van der Waals surface area contributed by atoms with Crippen LogP contribution < -0.4 is 5.32 Å². The lowest BCUT2D eigenvalue weighted by Crippen LogP contribution is -2.60. The van der Waals surface area contributed by atoms with E-state index in [0.717, 1.165) is 26.2 Å². The fourth-order valence-corrected chi connectivity index (χ4v) is 2.82. The van der Waals surface area contributed by atoms with Crippen LogP contribution in [0.25, 0.3) is 0 Å². The summed E-state index contributed by atoms with van der Waals surface area (Å²) < 4.78 is 1.89. The van der Waals surface area contributed by atoms with E-state index in [0.29, 0.717) is 5.54 Å². The Kier molecular flexibility index (Phi) is 3.84. The summed E-state index contributed by atoms with van der Waals surface area (Å²) in [6, 6.07) is 2.12. The smallest absolute Gasteiger partial charge is 0.0764 e. The lowest BCUT2D eigenvalue weighted by atomic mass is 9.88. The molecule has 1 fully saturated rings. The number of aromatic nitrogens is 2. The van der Waals surface area contributed by atoms with Crippen LogP contribution in [0.3, 0.4) is 0 Å². The van der Waals surface area contributed by atoms with Crippen LogP contribution in [-0.4, -0.2) is 39.9 Å². The van der Waals surface area contributed by atoms with Gasteiger partial charge in [0.05, 0.1) is 5.69 Å². The Morgan fingerprint density at radius 1 is 1.41 bits per heavy atom. The van der Waals surface area contributed by atoms with Crippen molar-refractivity contribution in [2.75, 3.05) is 19.6 Å². The minimum absolute atomic E-state index is 0.315. The number of nitrogens with zero attached hydrogens (tertiary/aromatic N) is 3. The third kappa shape index (κ3) is 2.53. The van der Waals surface area contributed by atoms with Crippen molar-refractivity contribution >= 4 is 0 Å². The third-order valence-corrected chi connectivity index (χ3v) is 4.12. The fourth-order valence-electron chi connectivity index (χ4n) is 2.82. The summed E-state index contributed by atoms with van der Waals surface area (Å²) in [6.07, 6.45) is 4.42. The van der Waals surface area contributed by atoms with Crippen molar-refractivity contribution in [3.8, 4) is 0 Å². The Hall–Kier alpha value is -0.870. The summed E-state index contributed by atoms with van der Waals surface area (Å²) >= 11 is 0. The molecule has 0 unspecified atom stereocenters. The Labute approximate surface area is 104 Å². The summed E-state index contributed by atoms with van der Waals surface area (Å²) in [5, 5.41) is 8.02. The van der Waals surface area contributed by atoms with Gasteiger partial charge in [-0.05, 0) is 18.9 Å². The van der Waals surface area contributed by atoms with Gasteiger partial charge in [0.1, 0.15) is 0 Å². The molecule has 0 atom stereocenters. The highest BCUT2D eigenvalue weighted by molar-refractivity contribution is 5.03. The maximum Gasteiger partial charge on any atom is 0.0764 e. The topological polar surface area (TPSA) is 33.1 Å². The second kappa shape index (κ2) is 5.19. The molecule has 0 saturated carbocycles. The summed E-state index contributed by atoms with van der Waals surface area (Å²) in [6.45, 7) is 8.88. The minimum atomic E-state index is 0.315. The highest BCUT2D eigenvalue weighted by atomic mass is 15.3.